The Hall–Kier alpha value is -1.40. The Morgan fingerprint density at radius 3 is 2.54 bits per heavy atom. The number of hydrazone groups is 1. The second-order valence-corrected chi connectivity index (χ2v) is 6.86. The maximum Gasteiger partial charge on any atom is 0.244 e. The molecular formula is C16H13Cl3N2O2S. The molecule has 0 bridgehead atoms. The lowest BCUT2D eigenvalue weighted by molar-refractivity contribution is -0.120. The molecule has 0 atom stereocenters. The van der Waals surface area contributed by atoms with Crippen LogP contribution in [-0.2, 0) is 11.2 Å². The van der Waals surface area contributed by atoms with Crippen molar-refractivity contribution in [3.05, 3.63) is 56.5 Å². The average molecular weight is 404 g/mol. The highest BCUT2D eigenvalue weighted by atomic mass is 35.5. The molecule has 126 valence electrons. The van der Waals surface area contributed by atoms with Crippen molar-refractivity contribution < 1.29 is 9.90 Å². The van der Waals surface area contributed by atoms with Crippen LogP contribution in [0, 0.1) is 0 Å². The first-order valence-electron chi connectivity index (χ1n) is 6.73. The molecule has 0 heterocycles. The fourth-order valence-corrected chi connectivity index (χ4v) is 3.23. The number of aromatic hydroxyl groups is 1. The molecule has 0 aliphatic rings. The summed E-state index contributed by atoms with van der Waals surface area (Å²) in [6.07, 6.45) is 3.48. The molecule has 4 nitrogen and oxygen atoms in total. The van der Waals surface area contributed by atoms with E-state index in [0.29, 0.717) is 10.6 Å². The summed E-state index contributed by atoms with van der Waals surface area (Å²) in [5.41, 5.74) is 3.82. The molecule has 24 heavy (non-hydrogen) atoms. The second kappa shape index (κ2) is 8.62. The molecule has 0 saturated heterocycles. The average Bonchev–Trinajstić information content (AvgIpc) is 2.52. The molecule has 0 unspecified atom stereocenters. The molecule has 0 radical (unpaired) electrons. The smallest absolute Gasteiger partial charge is 0.244 e. The number of halogens is 3. The van der Waals surface area contributed by atoms with Gasteiger partial charge in [0, 0.05) is 9.92 Å². The summed E-state index contributed by atoms with van der Waals surface area (Å²) >= 11 is 19.1. The minimum atomic E-state index is -0.278. The minimum absolute atomic E-state index is 0.110. The standard InChI is InChI=1S/C16H13Cl3N2O2S/c1-24-14-3-2-11(17)6-10(14)7-15(22)21-20-8-9-4-12(18)16(23)13(19)5-9/h2-6,8,23H,7H2,1H3,(H,21,22)/b20-8-. The van der Waals surface area contributed by atoms with Gasteiger partial charge in [0.2, 0.25) is 5.91 Å². The van der Waals surface area contributed by atoms with Crippen LogP contribution in [0.3, 0.4) is 0 Å². The third-order valence-electron chi connectivity index (χ3n) is 3.04. The molecule has 0 aliphatic carbocycles. The molecule has 2 aromatic rings. The summed E-state index contributed by atoms with van der Waals surface area (Å²) in [6, 6.07) is 8.39. The molecule has 0 aromatic heterocycles. The van der Waals surface area contributed by atoms with Crippen molar-refractivity contribution in [2.24, 2.45) is 5.10 Å². The lowest BCUT2D eigenvalue weighted by Gasteiger charge is -2.07. The summed E-state index contributed by atoms with van der Waals surface area (Å²) in [4.78, 5) is 13.0. The van der Waals surface area contributed by atoms with Gasteiger partial charge in [-0.05, 0) is 47.7 Å². The lowest BCUT2D eigenvalue weighted by Crippen LogP contribution is -2.20. The van der Waals surface area contributed by atoms with Crippen LogP contribution >= 0.6 is 46.6 Å². The number of nitrogens with zero attached hydrogens (tertiary/aromatic N) is 1. The molecule has 0 saturated carbocycles. The monoisotopic (exact) mass is 402 g/mol. The number of thioether (sulfide) groups is 1. The van der Waals surface area contributed by atoms with Crippen molar-refractivity contribution in [2.45, 2.75) is 11.3 Å². The van der Waals surface area contributed by atoms with Gasteiger partial charge in [0.15, 0.2) is 5.75 Å². The van der Waals surface area contributed by atoms with Crippen LogP contribution in [0.15, 0.2) is 40.3 Å². The highest BCUT2D eigenvalue weighted by molar-refractivity contribution is 7.98. The molecule has 0 fully saturated rings. The summed E-state index contributed by atoms with van der Waals surface area (Å²) in [7, 11) is 0. The van der Waals surface area contributed by atoms with E-state index in [1.165, 1.54) is 18.3 Å². The summed E-state index contributed by atoms with van der Waals surface area (Å²) in [5, 5.41) is 14.2. The molecule has 8 heteroatoms. The molecule has 0 spiro atoms. The maximum atomic E-state index is 12.0. The van der Waals surface area contributed by atoms with Crippen LogP contribution in [-0.4, -0.2) is 23.5 Å². The largest absolute Gasteiger partial charge is 0.505 e. The van der Waals surface area contributed by atoms with E-state index in [4.69, 9.17) is 34.8 Å². The zero-order valence-corrected chi connectivity index (χ0v) is 15.6. The molecule has 1 amide bonds. The van der Waals surface area contributed by atoms with Crippen LogP contribution in [0.1, 0.15) is 11.1 Å². The van der Waals surface area contributed by atoms with Crippen LogP contribution < -0.4 is 5.43 Å². The zero-order chi connectivity index (χ0) is 17.7. The zero-order valence-electron chi connectivity index (χ0n) is 12.5. The van der Waals surface area contributed by atoms with Gasteiger partial charge in [-0.2, -0.15) is 5.10 Å². The number of carbonyl (C=O) groups is 1. The number of phenols is 1. The van der Waals surface area contributed by atoms with Gasteiger partial charge in [-0.25, -0.2) is 5.43 Å². The summed E-state index contributed by atoms with van der Waals surface area (Å²) in [5.74, 6) is -0.468. The van der Waals surface area contributed by atoms with E-state index in [1.54, 1.807) is 23.9 Å². The number of nitrogens with one attached hydrogen (secondary N) is 1. The fourth-order valence-electron chi connectivity index (χ4n) is 1.94. The highest BCUT2D eigenvalue weighted by Gasteiger charge is 2.08. The Morgan fingerprint density at radius 2 is 1.92 bits per heavy atom. The van der Waals surface area contributed by atoms with Crippen molar-refractivity contribution >= 4 is 58.7 Å². The van der Waals surface area contributed by atoms with Gasteiger partial charge in [0.05, 0.1) is 22.7 Å². The second-order valence-electron chi connectivity index (χ2n) is 4.76. The molecule has 2 N–H and O–H groups in total. The third-order valence-corrected chi connectivity index (χ3v) is 4.68. The van der Waals surface area contributed by atoms with Crippen LogP contribution in [0.4, 0.5) is 0 Å². The van der Waals surface area contributed by atoms with E-state index in [9.17, 15) is 9.90 Å². The number of amides is 1. The first-order chi connectivity index (χ1) is 11.4. The van der Waals surface area contributed by atoms with Crippen molar-refractivity contribution in [2.75, 3.05) is 6.26 Å². The van der Waals surface area contributed by atoms with Gasteiger partial charge in [0.25, 0.3) is 0 Å². The molecule has 2 rings (SSSR count). The van der Waals surface area contributed by atoms with E-state index in [1.807, 2.05) is 12.3 Å². The maximum absolute atomic E-state index is 12.0. The van der Waals surface area contributed by atoms with Crippen molar-refractivity contribution in [1.29, 1.82) is 0 Å². The van der Waals surface area contributed by atoms with E-state index in [0.717, 1.165) is 10.5 Å². The highest BCUT2D eigenvalue weighted by Crippen LogP contribution is 2.32. The van der Waals surface area contributed by atoms with Gasteiger partial charge in [-0.1, -0.05) is 34.8 Å². The Bertz CT molecular complexity index is 774. The number of rotatable bonds is 5. The quantitative estimate of drug-likeness (QED) is 0.429. The lowest BCUT2D eigenvalue weighted by atomic mass is 10.1. The van der Waals surface area contributed by atoms with E-state index in [-0.39, 0.29) is 28.1 Å². The Kier molecular flexibility index (Phi) is 6.80. The Labute approximate surface area is 158 Å². The Balaban J connectivity index is 2.02. The molecule has 0 aliphatic heterocycles. The number of hydrogen-bond acceptors (Lipinski definition) is 4. The summed E-state index contributed by atoms with van der Waals surface area (Å²) < 4.78 is 0. The predicted octanol–water partition coefficient (Wildman–Crippen LogP) is 4.77. The van der Waals surface area contributed by atoms with Crippen molar-refractivity contribution in [3.8, 4) is 5.75 Å². The normalized spacial score (nSPS) is 11.0. The first kappa shape index (κ1) is 18.9. The number of hydrogen-bond donors (Lipinski definition) is 2. The first-order valence-corrected chi connectivity index (χ1v) is 9.09. The number of carbonyl (C=O) groups excluding carboxylic acids is 1. The topological polar surface area (TPSA) is 61.7 Å². The number of phenolic OH excluding ortho intramolecular Hbond substituents is 1. The van der Waals surface area contributed by atoms with Gasteiger partial charge in [0.1, 0.15) is 0 Å². The van der Waals surface area contributed by atoms with Gasteiger partial charge in [-0.15, -0.1) is 11.8 Å². The van der Waals surface area contributed by atoms with Crippen LogP contribution in [0.2, 0.25) is 15.1 Å². The minimum Gasteiger partial charge on any atom is -0.505 e. The van der Waals surface area contributed by atoms with Crippen LogP contribution in [0.5, 0.6) is 5.75 Å². The van der Waals surface area contributed by atoms with E-state index >= 15 is 0 Å². The third kappa shape index (κ3) is 5.05. The number of benzene rings is 2. The SMILES string of the molecule is CSc1ccc(Cl)cc1CC(=O)N/N=C\c1cc(Cl)c(O)c(Cl)c1. The Morgan fingerprint density at radius 1 is 1.25 bits per heavy atom. The van der Waals surface area contributed by atoms with E-state index < -0.39 is 0 Å². The molecule has 2 aromatic carbocycles. The van der Waals surface area contributed by atoms with Crippen molar-refractivity contribution in [1.82, 2.24) is 5.43 Å². The van der Waals surface area contributed by atoms with Crippen LogP contribution in [0.25, 0.3) is 0 Å². The van der Waals surface area contributed by atoms with Crippen molar-refractivity contribution in [3.63, 3.8) is 0 Å². The predicted molar refractivity (Wildman–Crippen MR) is 101 cm³/mol. The van der Waals surface area contributed by atoms with E-state index in [2.05, 4.69) is 10.5 Å². The fraction of sp³-hybridized carbons (Fsp3) is 0.125. The van der Waals surface area contributed by atoms with Gasteiger partial charge in [-0.3, -0.25) is 4.79 Å². The van der Waals surface area contributed by atoms with Gasteiger partial charge >= 0.3 is 0 Å². The molecular weight excluding hydrogens is 391 g/mol. The van der Waals surface area contributed by atoms with Gasteiger partial charge < -0.3 is 5.11 Å². The summed E-state index contributed by atoms with van der Waals surface area (Å²) in [6.45, 7) is 0.